The van der Waals surface area contributed by atoms with E-state index in [2.05, 4.69) is 27.0 Å². The molecule has 0 saturated carbocycles. The molecule has 2 aromatic carbocycles. The van der Waals surface area contributed by atoms with Crippen molar-refractivity contribution in [2.75, 3.05) is 13.1 Å². The van der Waals surface area contributed by atoms with E-state index in [4.69, 9.17) is 0 Å². The number of benzene rings is 2. The molecular weight excluding hydrogens is 419 g/mol. The normalized spacial score (nSPS) is 17.0. The number of nitrogens with one attached hydrogen (secondary N) is 1. The summed E-state index contributed by atoms with van der Waals surface area (Å²) in [5.74, 6) is -0.420. The molecule has 1 saturated heterocycles. The van der Waals surface area contributed by atoms with Gasteiger partial charge >= 0.3 is 0 Å². The zero-order valence-electron chi connectivity index (χ0n) is 14.0. The van der Waals surface area contributed by atoms with Gasteiger partial charge in [-0.25, -0.2) is 12.8 Å². The summed E-state index contributed by atoms with van der Waals surface area (Å²) in [7, 11) is -3.83. The Labute approximate surface area is 160 Å². The molecule has 1 fully saturated rings. The number of aromatic amines is 1. The predicted molar refractivity (Wildman–Crippen MR) is 103 cm³/mol. The Balaban J connectivity index is 1.55. The van der Waals surface area contributed by atoms with Gasteiger partial charge in [-0.15, -0.1) is 0 Å². The number of fused-ring (bicyclic) bond motifs is 1. The Morgan fingerprint density at radius 2 is 1.85 bits per heavy atom. The van der Waals surface area contributed by atoms with Gasteiger partial charge in [0.05, 0.1) is 0 Å². The van der Waals surface area contributed by atoms with Crippen molar-refractivity contribution in [1.82, 2.24) is 9.29 Å². The first kappa shape index (κ1) is 17.7. The quantitative estimate of drug-likeness (QED) is 0.649. The first-order valence-electron chi connectivity index (χ1n) is 8.48. The molecule has 7 heteroatoms. The molecule has 136 valence electrons. The van der Waals surface area contributed by atoms with Crippen LogP contribution in [-0.2, 0) is 10.0 Å². The van der Waals surface area contributed by atoms with E-state index in [1.165, 1.54) is 33.5 Å². The first-order chi connectivity index (χ1) is 12.5. The van der Waals surface area contributed by atoms with E-state index in [1.807, 2.05) is 24.4 Å². The van der Waals surface area contributed by atoms with E-state index in [0.29, 0.717) is 23.5 Å². The van der Waals surface area contributed by atoms with Crippen molar-refractivity contribution >= 4 is 36.9 Å². The van der Waals surface area contributed by atoms with Gasteiger partial charge in [-0.2, -0.15) is 4.31 Å². The van der Waals surface area contributed by atoms with E-state index < -0.39 is 15.8 Å². The Kier molecular flexibility index (Phi) is 4.62. The van der Waals surface area contributed by atoms with Crippen molar-refractivity contribution in [3.63, 3.8) is 0 Å². The van der Waals surface area contributed by atoms with E-state index >= 15 is 0 Å². The van der Waals surface area contributed by atoms with Crippen molar-refractivity contribution in [3.8, 4) is 0 Å². The Morgan fingerprint density at radius 1 is 1.12 bits per heavy atom. The third-order valence-electron chi connectivity index (χ3n) is 5.03. The van der Waals surface area contributed by atoms with Gasteiger partial charge in [0.1, 0.15) is 10.7 Å². The van der Waals surface area contributed by atoms with Crippen LogP contribution in [-0.4, -0.2) is 30.8 Å². The zero-order chi connectivity index (χ0) is 18.3. The molecule has 1 aromatic heterocycles. The highest BCUT2D eigenvalue weighted by Gasteiger charge is 2.32. The number of hydrogen-bond donors (Lipinski definition) is 1. The van der Waals surface area contributed by atoms with Crippen LogP contribution >= 0.6 is 15.9 Å². The van der Waals surface area contributed by atoms with E-state index in [9.17, 15) is 12.8 Å². The maximum Gasteiger partial charge on any atom is 0.246 e. The highest BCUT2D eigenvalue weighted by atomic mass is 79.9. The number of sulfonamides is 1. The van der Waals surface area contributed by atoms with Gasteiger partial charge in [-0.1, -0.05) is 34.1 Å². The summed E-state index contributed by atoms with van der Waals surface area (Å²) < 4.78 is 41.7. The maximum atomic E-state index is 14.1. The number of nitrogens with zero attached hydrogens (tertiary/aromatic N) is 1. The summed E-state index contributed by atoms with van der Waals surface area (Å²) in [4.78, 5) is 3.01. The summed E-state index contributed by atoms with van der Waals surface area (Å²) in [5, 5.41) is 1.19. The molecule has 1 aliphatic rings. The standard InChI is InChI=1S/C19H18BrFN2O2S/c20-14-5-6-17(21)19(11-14)26(24,25)23-9-7-13(8-10-23)16-12-22-18-4-2-1-3-15(16)18/h1-6,11-13,22H,7-10H2. The lowest BCUT2D eigenvalue weighted by Crippen LogP contribution is -2.38. The van der Waals surface area contributed by atoms with Crippen LogP contribution in [0.4, 0.5) is 4.39 Å². The maximum absolute atomic E-state index is 14.1. The topological polar surface area (TPSA) is 53.2 Å². The minimum Gasteiger partial charge on any atom is -0.361 e. The number of halogens is 2. The molecule has 0 radical (unpaired) electrons. The molecular formula is C19H18BrFN2O2S. The fraction of sp³-hybridized carbons (Fsp3) is 0.263. The fourth-order valence-corrected chi connectivity index (χ4v) is 5.73. The lowest BCUT2D eigenvalue weighted by atomic mass is 9.90. The number of rotatable bonds is 3. The second kappa shape index (κ2) is 6.79. The molecule has 2 heterocycles. The van der Waals surface area contributed by atoms with Crippen LogP contribution in [0.3, 0.4) is 0 Å². The Bertz CT molecular complexity index is 1060. The average Bonchev–Trinajstić information content (AvgIpc) is 3.08. The first-order valence-corrected chi connectivity index (χ1v) is 10.7. The van der Waals surface area contributed by atoms with Gasteiger partial charge < -0.3 is 4.98 Å². The molecule has 3 aromatic rings. The molecule has 0 atom stereocenters. The summed E-state index contributed by atoms with van der Waals surface area (Å²) in [5.41, 5.74) is 2.32. The van der Waals surface area contributed by atoms with Gasteiger partial charge in [0, 0.05) is 34.7 Å². The predicted octanol–water partition coefficient (Wildman–Crippen LogP) is 4.64. The van der Waals surface area contributed by atoms with Crippen molar-refractivity contribution in [2.45, 2.75) is 23.7 Å². The molecule has 0 aliphatic carbocycles. The van der Waals surface area contributed by atoms with Gasteiger partial charge in [0.25, 0.3) is 0 Å². The molecule has 4 nitrogen and oxygen atoms in total. The zero-order valence-corrected chi connectivity index (χ0v) is 16.4. The minimum absolute atomic E-state index is 0.266. The second-order valence-electron chi connectivity index (χ2n) is 6.54. The SMILES string of the molecule is O=S(=O)(c1cc(Br)ccc1F)N1CCC(c2c[nH]c3ccccc23)CC1. The highest BCUT2D eigenvalue weighted by molar-refractivity contribution is 9.10. The monoisotopic (exact) mass is 436 g/mol. The van der Waals surface area contributed by atoms with E-state index in [0.717, 1.165) is 18.4 Å². The molecule has 1 aliphatic heterocycles. The van der Waals surface area contributed by atoms with Crippen LogP contribution < -0.4 is 0 Å². The Hall–Kier alpha value is -1.70. The summed E-state index contributed by atoms with van der Waals surface area (Å²) >= 11 is 3.22. The van der Waals surface area contributed by atoms with Crippen molar-refractivity contribution < 1.29 is 12.8 Å². The van der Waals surface area contributed by atoms with Gasteiger partial charge in [0.2, 0.25) is 10.0 Å². The lowest BCUT2D eigenvalue weighted by molar-refractivity contribution is 0.319. The lowest BCUT2D eigenvalue weighted by Gasteiger charge is -2.31. The number of piperidine rings is 1. The van der Waals surface area contributed by atoms with Crippen LogP contribution in [0.5, 0.6) is 0 Å². The molecule has 26 heavy (non-hydrogen) atoms. The largest absolute Gasteiger partial charge is 0.361 e. The van der Waals surface area contributed by atoms with Crippen molar-refractivity contribution in [1.29, 1.82) is 0 Å². The number of hydrogen-bond acceptors (Lipinski definition) is 2. The number of H-pyrrole nitrogens is 1. The van der Waals surface area contributed by atoms with Crippen LogP contribution in [0.25, 0.3) is 10.9 Å². The smallest absolute Gasteiger partial charge is 0.246 e. The summed E-state index contributed by atoms with van der Waals surface area (Å²) in [6, 6.07) is 12.1. The molecule has 0 spiro atoms. The van der Waals surface area contributed by atoms with Crippen LogP contribution in [0.2, 0.25) is 0 Å². The highest BCUT2D eigenvalue weighted by Crippen LogP contribution is 2.35. The van der Waals surface area contributed by atoms with E-state index in [-0.39, 0.29) is 4.90 Å². The summed E-state index contributed by atoms with van der Waals surface area (Å²) in [6.07, 6.45) is 3.46. The molecule has 4 rings (SSSR count). The molecule has 0 amide bonds. The summed E-state index contributed by atoms with van der Waals surface area (Å²) in [6.45, 7) is 0.775. The fourth-order valence-electron chi connectivity index (χ4n) is 3.65. The van der Waals surface area contributed by atoms with Gasteiger partial charge in [0.15, 0.2) is 0 Å². The van der Waals surface area contributed by atoms with Gasteiger partial charge in [-0.3, -0.25) is 0 Å². The molecule has 0 bridgehead atoms. The number of para-hydroxylation sites is 1. The molecule has 0 unspecified atom stereocenters. The van der Waals surface area contributed by atoms with Crippen LogP contribution in [0.1, 0.15) is 24.3 Å². The third kappa shape index (κ3) is 3.08. The average molecular weight is 437 g/mol. The van der Waals surface area contributed by atoms with E-state index in [1.54, 1.807) is 0 Å². The van der Waals surface area contributed by atoms with Crippen molar-refractivity contribution in [2.24, 2.45) is 0 Å². The Morgan fingerprint density at radius 3 is 2.62 bits per heavy atom. The minimum atomic E-state index is -3.83. The second-order valence-corrected chi connectivity index (χ2v) is 9.36. The van der Waals surface area contributed by atoms with Crippen molar-refractivity contribution in [3.05, 3.63) is 64.5 Å². The van der Waals surface area contributed by atoms with Gasteiger partial charge in [-0.05, 0) is 48.6 Å². The third-order valence-corrected chi connectivity index (χ3v) is 7.43. The van der Waals surface area contributed by atoms with Crippen LogP contribution in [0, 0.1) is 5.82 Å². The number of aromatic nitrogens is 1. The van der Waals surface area contributed by atoms with Crippen LogP contribution in [0.15, 0.2) is 58.0 Å². The molecule has 1 N–H and O–H groups in total.